The Morgan fingerprint density at radius 3 is 2.56 bits per heavy atom. The van der Waals surface area contributed by atoms with Crippen LogP contribution in [-0.4, -0.2) is 23.2 Å². The number of hydrogen-bond donors (Lipinski definition) is 1. The lowest BCUT2D eigenvalue weighted by Crippen LogP contribution is -2.32. The molecule has 1 heterocycles. The summed E-state index contributed by atoms with van der Waals surface area (Å²) in [7, 11) is 0. The van der Waals surface area contributed by atoms with Gasteiger partial charge in [0, 0.05) is 4.90 Å². The van der Waals surface area contributed by atoms with Gasteiger partial charge in [-0.3, -0.25) is 9.59 Å². The van der Waals surface area contributed by atoms with Gasteiger partial charge in [0.05, 0.1) is 5.56 Å². The number of nitriles is 1. The molecule has 25 heavy (non-hydrogen) atoms. The van der Waals surface area contributed by atoms with Crippen molar-refractivity contribution in [1.82, 2.24) is 0 Å². The van der Waals surface area contributed by atoms with Crippen molar-refractivity contribution in [2.75, 3.05) is 5.32 Å². The van der Waals surface area contributed by atoms with E-state index in [1.54, 1.807) is 18.4 Å². The molecule has 5 nitrogen and oxygen atoms in total. The van der Waals surface area contributed by atoms with Gasteiger partial charge in [-0.2, -0.15) is 5.26 Å². The number of aryl methyl sites for hydroxylation is 1. The third-order valence-corrected chi connectivity index (χ3v) is 5.27. The maximum atomic E-state index is 12.2. The van der Waals surface area contributed by atoms with Gasteiger partial charge in [0.2, 0.25) is 0 Å². The van der Waals surface area contributed by atoms with Crippen LogP contribution >= 0.6 is 23.1 Å². The molecule has 0 aliphatic heterocycles. The molecule has 2 atom stereocenters. The van der Waals surface area contributed by atoms with Crippen molar-refractivity contribution in [2.24, 2.45) is 0 Å². The quantitative estimate of drug-likeness (QED) is 0.611. The van der Waals surface area contributed by atoms with Gasteiger partial charge in [-0.1, -0.05) is 17.7 Å². The lowest BCUT2D eigenvalue weighted by atomic mass is 10.2. The molecule has 0 spiro atoms. The van der Waals surface area contributed by atoms with E-state index in [-0.39, 0.29) is 0 Å². The van der Waals surface area contributed by atoms with Crippen LogP contribution < -0.4 is 5.32 Å². The molecule has 0 saturated heterocycles. The standard InChI is InChI=1S/C18H18N2O3S2/c1-11-4-6-15(7-5-11)25-13(3)18(22)23-12(2)16(21)20-17-14(10-19)8-9-24-17/h4-9,12-13H,1-3H3,(H,20,21)/t12-,13-/m1/s1. The summed E-state index contributed by atoms with van der Waals surface area (Å²) < 4.78 is 5.24. The lowest BCUT2D eigenvalue weighted by molar-refractivity contribution is -0.152. The van der Waals surface area contributed by atoms with Gasteiger partial charge < -0.3 is 10.1 Å². The molecule has 0 unspecified atom stereocenters. The first-order valence-corrected chi connectivity index (χ1v) is 9.39. The number of hydrogen-bond acceptors (Lipinski definition) is 6. The first-order valence-electron chi connectivity index (χ1n) is 7.63. The number of carbonyl (C=O) groups excluding carboxylic acids is 2. The van der Waals surface area contributed by atoms with Crippen molar-refractivity contribution >= 4 is 40.0 Å². The Hall–Kier alpha value is -2.30. The van der Waals surface area contributed by atoms with Crippen LogP contribution in [0.3, 0.4) is 0 Å². The summed E-state index contributed by atoms with van der Waals surface area (Å²) >= 11 is 2.63. The summed E-state index contributed by atoms with van der Waals surface area (Å²) in [6, 6.07) is 11.5. The van der Waals surface area contributed by atoms with E-state index in [1.807, 2.05) is 37.3 Å². The Balaban J connectivity index is 1.89. The SMILES string of the molecule is Cc1ccc(S[C@H](C)C(=O)O[C@H](C)C(=O)Nc2sccc2C#N)cc1. The Morgan fingerprint density at radius 2 is 1.92 bits per heavy atom. The fourth-order valence-corrected chi connectivity index (χ4v) is 3.49. The van der Waals surface area contributed by atoms with E-state index in [9.17, 15) is 9.59 Å². The lowest BCUT2D eigenvalue weighted by Gasteiger charge is -2.16. The number of carbonyl (C=O) groups is 2. The summed E-state index contributed by atoms with van der Waals surface area (Å²) in [6.45, 7) is 5.25. The molecule has 1 aromatic carbocycles. The number of thioether (sulfide) groups is 1. The zero-order valence-corrected chi connectivity index (χ0v) is 15.7. The number of benzene rings is 1. The Morgan fingerprint density at radius 1 is 1.24 bits per heavy atom. The average Bonchev–Trinajstić information content (AvgIpc) is 3.03. The summed E-state index contributed by atoms with van der Waals surface area (Å²) in [4.78, 5) is 25.3. The maximum absolute atomic E-state index is 12.2. The number of rotatable bonds is 6. The van der Waals surface area contributed by atoms with Gasteiger partial charge in [0.25, 0.3) is 5.91 Å². The molecule has 1 aromatic heterocycles. The summed E-state index contributed by atoms with van der Waals surface area (Å²) in [6.07, 6.45) is -0.942. The van der Waals surface area contributed by atoms with Gasteiger partial charge in [0.15, 0.2) is 6.10 Å². The largest absolute Gasteiger partial charge is 0.452 e. The van der Waals surface area contributed by atoms with E-state index in [0.29, 0.717) is 10.6 Å². The van der Waals surface area contributed by atoms with Gasteiger partial charge >= 0.3 is 5.97 Å². The van der Waals surface area contributed by atoms with Crippen molar-refractivity contribution in [2.45, 2.75) is 37.0 Å². The zero-order valence-electron chi connectivity index (χ0n) is 14.1. The van der Waals surface area contributed by atoms with Crippen LogP contribution in [0.25, 0.3) is 0 Å². The zero-order chi connectivity index (χ0) is 18.4. The predicted molar refractivity (Wildman–Crippen MR) is 99.7 cm³/mol. The van der Waals surface area contributed by atoms with Gasteiger partial charge in [0.1, 0.15) is 16.3 Å². The average molecular weight is 374 g/mol. The monoisotopic (exact) mass is 374 g/mol. The molecule has 2 aromatic rings. The van der Waals surface area contributed by atoms with Gasteiger partial charge in [-0.05, 0) is 44.4 Å². The number of nitrogens with zero attached hydrogens (tertiary/aromatic N) is 1. The molecular weight excluding hydrogens is 356 g/mol. The van der Waals surface area contributed by atoms with E-state index in [2.05, 4.69) is 5.32 Å². The topological polar surface area (TPSA) is 79.2 Å². The van der Waals surface area contributed by atoms with E-state index in [1.165, 1.54) is 30.0 Å². The number of thiophene rings is 1. The fourth-order valence-electron chi connectivity index (χ4n) is 1.90. The highest BCUT2D eigenvalue weighted by molar-refractivity contribution is 8.00. The first kappa shape index (κ1) is 19.0. The maximum Gasteiger partial charge on any atom is 0.319 e. The van der Waals surface area contributed by atoms with Crippen molar-refractivity contribution < 1.29 is 14.3 Å². The molecule has 1 amide bonds. The number of anilines is 1. The van der Waals surface area contributed by atoms with Crippen molar-refractivity contribution in [3.8, 4) is 6.07 Å². The third kappa shape index (κ3) is 5.34. The molecule has 2 rings (SSSR count). The number of esters is 1. The molecule has 0 saturated carbocycles. The smallest absolute Gasteiger partial charge is 0.319 e. The first-order chi connectivity index (χ1) is 11.9. The number of amides is 1. The van der Waals surface area contributed by atoms with Crippen LogP contribution in [0.5, 0.6) is 0 Å². The second kappa shape index (κ2) is 8.70. The van der Waals surface area contributed by atoms with Crippen molar-refractivity contribution in [3.05, 3.63) is 46.8 Å². The highest BCUT2D eigenvalue weighted by Crippen LogP contribution is 2.25. The number of nitrogens with one attached hydrogen (secondary N) is 1. The van der Waals surface area contributed by atoms with Crippen LogP contribution in [-0.2, 0) is 14.3 Å². The molecular formula is C18H18N2O3S2. The molecule has 0 aliphatic carbocycles. The highest BCUT2D eigenvalue weighted by Gasteiger charge is 2.23. The summed E-state index contributed by atoms with van der Waals surface area (Å²) in [5, 5.41) is 13.3. The Bertz CT molecular complexity index is 793. The van der Waals surface area contributed by atoms with Crippen LogP contribution in [0.1, 0.15) is 25.0 Å². The molecule has 0 bridgehead atoms. The van der Waals surface area contributed by atoms with Gasteiger partial charge in [-0.15, -0.1) is 23.1 Å². The Labute approximate surface area is 155 Å². The summed E-state index contributed by atoms with van der Waals surface area (Å²) in [5.41, 5.74) is 1.54. The second-order valence-electron chi connectivity index (χ2n) is 5.42. The number of ether oxygens (including phenoxy) is 1. The predicted octanol–water partition coefficient (Wildman–Crippen LogP) is 3.98. The molecule has 0 fully saturated rings. The molecule has 130 valence electrons. The van der Waals surface area contributed by atoms with Crippen molar-refractivity contribution in [3.63, 3.8) is 0 Å². The highest BCUT2D eigenvalue weighted by atomic mass is 32.2. The third-order valence-electron chi connectivity index (χ3n) is 3.35. The summed E-state index contributed by atoms with van der Waals surface area (Å²) in [5.74, 6) is -0.917. The Kier molecular flexibility index (Phi) is 6.62. The van der Waals surface area contributed by atoms with Crippen LogP contribution in [0.4, 0.5) is 5.00 Å². The van der Waals surface area contributed by atoms with E-state index >= 15 is 0 Å². The molecule has 0 radical (unpaired) electrons. The molecule has 1 N–H and O–H groups in total. The molecule has 7 heteroatoms. The molecule has 0 aliphatic rings. The minimum absolute atomic E-state index is 0.389. The minimum Gasteiger partial charge on any atom is -0.452 e. The van der Waals surface area contributed by atoms with Gasteiger partial charge in [-0.25, -0.2) is 0 Å². The van der Waals surface area contributed by atoms with E-state index < -0.39 is 23.2 Å². The second-order valence-corrected chi connectivity index (χ2v) is 7.75. The van der Waals surface area contributed by atoms with E-state index in [4.69, 9.17) is 10.00 Å². The van der Waals surface area contributed by atoms with Crippen LogP contribution in [0.15, 0.2) is 40.6 Å². The van der Waals surface area contributed by atoms with Crippen LogP contribution in [0, 0.1) is 18.3 Å². The van der Waals surface area contributed by atoms with Crippen LogP contribution in [0.2, 0.25) is 0 Å². The fraction of sp³-hybridized carbons (Fsp3) is 0.278. The minimum atomic E-state index is -0.942. The van der Waals surface area contributed by atoms with E-state index in [0.717, 1.165) is 10.5 Å². The van der Waals surface area contributed by atoms with Crippen molar-refractivity contribution in [1.29, 1.82) is 5.26 Å². The normalized spacial score (nSPS) is 12.7.